The van der Waals surface area contributed by atoms with Crippen molar-refractivity contribution in [1.29, 1.82) is 0 Å². The minimum Gasteiger partial charge on any atom is -0.780 e. The van der Waals surface area contributed by atoms with Crippen LogP contribution in [0.2, 0.25) is 0 Å². The third-order valence-corrected chi connectivity index (χ3v) is 4.24. The van der Waals surface area contributed by atoms with Crippen LogP contribution >= 0.6 is 6.72 Å². The number of unbranched alkanes of at least 4 members (excludes halogenated alkanes) is 10. The Morgan fingerprint density at radius 1 is 0.905 bits per heavy atom. The monoisotopic (exact) mass is 335 g/mol. The highest BCUT2D eigenvalue weighted by atomic mass is 32.5. The fourth-order valence-corrected chi connectivity index (χ4v) is 2.76. The Balaban J connectivity index is 3.12. The molecule has 3 nitrogen and oxygen atoms in total. The fraction of sp³-hybridized carbons (Fsp3) is 0.875. The normalized spacial score (nSPS) is 14.6. The van der Waals surface area contributed by atoms with Gasteiger partial charge in [-0.2, -0.15) is 0 Å². The smallest absolute Gasteiger partial charge is 0.112 e. The molecule has 1 N–H and O–H groups in total. The average Bonchev–Trinajstić information content (AvgIpc) is 2.42. The van der Waals surface area contributed by atoms with Gasteiger partial charge < -0.3 is 14.3 Å². The van der Waals surface area contributed by atoms with Gasteiger partial charge in [0.15, 0.2) is 0 Å². The molecule has 0 aromatic carbocycles. The van der Waals surface area contributed by atoms with Crippen LogP contribution in [0.4, 0.5) is 0 Å². The van der Waals surface area contributed by atoms with Crippen LogP contribution in [0.5, 0.6) is 0 Å². The number of hydrogen-bond donors (Lipinski definition) is 1. The Morgan fingerprint density at radius 3 is 1.90 bits per heavy atom. The molecule has 0 saturated heterocycles. The van der Waals surface area contributed by atoms with Crippen LogP contribution in [-0.4, -0.2) is 11.5 Å². The maximum absolute atomic E-state index is 10.7. The van der Waals surface area contributed by atoms with Gasteiger partial charge in [0.05, 0.1) is 6.61 Å². The molecule has 0 aromatic rings. The molecule has 0 heterocycles. The van der Waals surface area contributed by atoms with Crippen LogP contribution in [0.15, 0.2) is 12.2 Å². The summed E-state index contributed by atoms with van der Waals surface area (Å²) in [6, 6.07) is 0. The highest BCUT2D eigenvalue weighted by Gasteiger charge is 1.96. The molecule has 1 unspecified atom stereocenters. The SMILES string of the molecule is CCCCCC/C=C\CCCCCCCCOP([O-])(O)=S. The van der Waals surface area contributed by atoms with Crippen molar-refractivity contribution in [1.82, 2.24) is 0 Å². The molecule has 0 bridgehead atoms. The van der Waals surface area contributed by atoms with Crippen molar-refractivity contribution < 1.29 is 14.3 Å². The summed E-state index contributed by atoms with van der Waals surface area (Å²) in [5.41, 5.74) is 0. The second-order valence-corrected chi connectivity index (χ2v) is 8.11. The Hall–Kier alpha value is 0.270. The van der Waals surface area contributed by atoms with Crippen LogP contribution in [0.3, 0.4) is 0 Å². The molecule has 5 heteroatoms. The molecule has 0 spiro atoms. The highest BCUT2D eigenvalue weighted by Crippen LogP contribution is 2.30. The quantitative estimate of drug-likeness (QED) is 0.264. The van der Waals surface area contributed by atoms with E-state index in [1.807, 2.05) is 0 Å². The van der Waals surface area contributed by atoms with Crippen molar-refractivity contribution in [2.75, 3.05) is 6.61 Å². The number of rotatable bonds is 15. The van der Waals surface area contributed by atoms with Crippen molar-refractivity contribution in [2.24, 2.45) is 0 Å². The summed E-state index contributed by atoms with van der Waals surface area (Å²) in [6.07, 6.45) is 19.2. The summed E-state index contributed by atoms with van der Waals surface area (Å²) in [5, 5.41) is 0. The van der Waals surface area contributed by atoms with Gasteiger partial charge in [0.1, 0.15) is 6.72 Å². The molecule has 1 atom stereocenters. The molecular weight excluding hydrogens is 303 g/mol. The maximum atomic E-state index is 10.7. The van der Waals surface area contributed by atoms with E-state index in [0.717, 1.165) is 19.3 Å². The summed E-state index contributed by atoms with van der Waals surface area (Å²) in [4.78, 5) is 19.5. The first-order valence-corrected chi connectivity index (χ1v) is 11.0. The molecule has 126 valence electrons. The first-order chi connectivity index (χ1) is 10.1. The van der Waals surface area contributed by atoms with Gasteiger partial charge in [-0.05, 0) is 32.1 Å². The number of hydrogen-bond acceptors (Lipinski definition) is 3. The van der Waals surface area contributed by atoms with Gasteiger partial charge in [0.25, 0.3) is 0 Å². The molecule has 0 aliphatic heterocycles. The summed E-state index contributed by atoms with van der Waals surface area (Å²) in [5.74, 6) is 0. The largest absolute Gasteiger partial charge is 0.780 e. The van der Waals surface area contributed by atoms with E-state index in [1.165, 1.54) is 57.8 Å². The van der Waals surface area contributed by atoms with Gasteiger partial charge in [-0.25, -0.2) is 0 Å². The third kappa shape index (κ3) is 20.3. The minimum atomic E-state index is -3.68. The minimum absolute atomic E-state index is 0.304. The lowest BCUT2D eigenvalue weighted by Crippen LogP contribution is -2.03. The van der Waals surface area contributed by atoms with Gasteiger partial charge in [-0.15, -0.1) is 0 Å². The standard InChI is InChI=1S/C16H33O3PS/c1-2-3-4-5-6-7-8-9-10-11-12-13-14-15-16-19-20(17,18)21/h7-8H,2-6,9-16H2,1H3,(H2,17,18,21)/p-1/b8-7-. The molecule has 0 rings (SSSR count). The summed E-state index contributed by atoms with van der Waals surface area (Å²) >= 11 is 4.27. The predicted molar refractivity (Wildman–Crippen MR) is 92.7 cm³/mol. The Morgan fingerprint density at radius 2 is 1.38 bits per heavy atom. The van der Waals surface area contributed by atoms with Gasteiger partial charge in [0.2, 0.25) is 0 Å². The maximum Gasteiger partial charge on any atom is 0.112 e. The van der Waals surface area contributed by atoms with Crippen LogP contribution in [0, 0.1) is 0 Å². The zero-order valence-electron chi connectivity index (χ0n) is 13.5. The topological polar surface area (TPSA) is 52.5 Å². The second-order valence-electron chi connectivity index (χ2n) is 5.53. The third-order valence-electron chi connectivity index (χ3n) is 3.41. The Bertz CT molecular complexity index is 289. The van der Waals surface area contributed by atoms with Crippen LogP contribution in [0.25, 0.3) is 0 Å². The van der Waals surface area contributed by atoms with Crippen LogP contribution in [-0.2, 0) is 16.3 Å². The van der Waals surface area contributed by atoms with Gasteiger partial charge >= 0.3 is 0 Å². The highest BCUT2D eigenvalue weighted by molar-refractivity contribution is 8.06. The van der Waals surface area contributed by atoms with E-state index in [2.05, 4.69) is 35.4 Å². The van der Waals surface area contributed by atoms with Gasteiger partial charge in [-0.1, -0.05) is 75.8 Å². The van der Waals surface area contributed by atoms with Crippen LogP contribution in [0.1, 0.15) is 84.0 Å². The molecule has 0 aliphatic carbocycles. The molecule has 0 fully saturated rings. The zero-order chi connectivity index (χ0) is 15.8. The molecule has 0 amide bonds. The summed E-state index contributed by atoms with van der Waals surface area (Å²) < 4.78 is 4.65. The molecule has 0 aliphatic rings. The van der Waals surface area contributed by atoms with E-state index >= 15 is 0 Å². The fourth-order valence-electron chi connectivity index (χ4n) is 2.18. The van der Waals surface area contributed by atoms with E-state index in [0.29, 0.717) is 6.61 Å². The molecule has 0 radical (unpaired) electrons. The van der Waals surface area contributed by atoms with E-state index < -0.39 is 6.72 Å². The number of allylic oxidation sites excluding steroid dienone is 2. The average molecular weight is 335 g/mol. The second kappa shape index (κ2) is 15.2. The summed E-state index contributed by atoms with van der Waals surface area (Å²) in [6.45, 7) is -1.13. The van der Waals surface area contributed by atoms with Gasteiger partial charge in [-0.3, -0.25) is 0 Å². The first kappa shape index (κ1) is 21.3. The van der Waals surface area contributed by atoms with Crippen molar-refractivity contribution in [3.63, 3.8) is 0 Å². The molecule has 0 aromatic heterocycles. The predicted octanol–water partition coefficient (Wildman–Crippen LogP) is 4.84. The van der Waals surface area contributed by atoms with Crippen molar-refractivity contribution in [2.45, 2.75) is 84.0 Å². The molecule has 0 saturated carbocycles. The van der Waals surface area contributed by atoms with E-state index in [9.17, 15) is 4.89 Å². The zero-order valence-corrected chi connectivity index (χ0v) is 15.2. The summed E-state index contributed by atoms with van der Waals surface area (Å²) in [7, 11) is 0. The lowest BCUT2D eigenvalue weighted by atomic mass is 10.1. The van der Waals surface area contributed by atoms with E-state index in [1.54, 1.807) is 0 Å². The molecular formula is C16H32O3PS-. The lowest BCUT2D eigenvalue weighted by molar-refractivity contribution is -0.201. The van der Waals surface area contributed by atoms with Crippen molar-refractivity contribution >= 4 is 18.5 Å². The van der Waals surface area contributed by atoms with Gasteiger partial charge in [0, 0.05) is 0 Å². The Kier molecular flexibility index (Phi) is 15.4. The van der Waals surface area contributed by atoms with Crippen molar-refractivity contribution in [3.05, 3.63) is 12.2 Å². The van der Waals surface area contributed by atoms with Crippen molar-refractivity contribution in [3.8, 4) is 0 Å². The van der Waals surface area contributed by atoms with E-state index in [-0.39, 0.29) is 0 Å². The van der Waals surface area contributed by atoms with E-state index in [4.69, 9.17) is 4.89 Å². The first-order valence-electron chi connectivity index (χ1n) is 8.39. The molecule has 21 heavy (non-hydrogen) atoms. The lowest BCUT2D eigenvalue weighted by Gasteiger charge is -2.19. The Labute approximate surface area is 136 Å². The van der Waals surface area contributed by atoms with Crippen LogP contribution < -0.4 is 4.89 Å².